The highest BCUT2D eigenvalue weighted by atomic mass is 19.4. The molecule has 0 aliphatic carbocycles. The second kappa shape index (κ2) is 5.06. The number of hydrogen-bond donors (Lipinski definition) is 0. The summed E-state index contributed by atoms with van der Waals surface area (Å²) in [5.41, 5.74) is -0.954. The highest BCUT2D eigenvalue weighted by Gasteiger charge is 2.33. The molecule has 1 aliphatic rings. The average Bonchev–Trinajstić information content (AvgIpc) is 2.38. The van der Waals surface area contributed by atoms with E-state index >= 15 is 0 Å². The van der Waals surface area contributed by atoms with Crippen LogP contribution in [0.5, 0.6) is 0 Å². The Morgan fingerprint density at radius 1 is 1.33 bits per heavy atom. The molecule has 1 fully saturated rings. The summed E-state index contributed by atoms with van der Waals surface area (Å²) in [5, 5.41) is 0. The van der Waals surface area contributed by atoms with E-state index in [-0.39, 0.29) is 17.3 Å². The molecule has 98 valence electrons. The molecule has 0 saturated carbocycles. The number of ketones is 1. The second-order valence-corrected chi connectivity index (χ2v) is 4.18. The van der Waals surface area contributed by atoms with Crippen molar-refractivity contribution in [2.45, 2.75) is 19.0 Å². The van der Waals surface area contributed by atoms with Gasteiger partial charge in [0.25, 0.3) is 0 Å². The SMILES string of the molecule is O=C(c1ccnc(C(F)(F)F)c1)C1CCOCC1. The zero-order valence-corrected chi connectivity index (χ0v) is 9.54. The topological polar surface area (TPSA) is 39.2 Å². The number of aromatic nitrogens is 1. The Labute approximate surface area is 102 Å². The Morgan fingerprint density at radius 3 is 2.61 bits per heavy atom. The minimum atomic E-state index is -4.52. The Hall–Kier alpha value is -1.43. The third kappa shape index (κ3) is 2.87. The van der Waals surface area contributed by atoms with Crippen LogP contribution in [-0.4, -0.2) is 24.0 Å². The van der Waals surface area contributed by atoms with Crippen molar-refractivity contribution in [1.29, 1.82) is 0 Å². The van der Waals surface area contributed by atoms with Crippen LogP contribution < -0.4 is 0 Å². The lowest BCUT2D eigenvalue weighted by atomic mass is 9.91. The van der Waals surface area contributed by atoms with Crippen LogP contribution in [-0.2, 0) is 10.9 Å². The van der Waals surface area contributed by atoms with Crippen molar-refractivity contribution in [2.75, 3.05) is 13.2 Å². The van der Waals surface area contributed by atoms with Crippen LogP contribution in [0.2, 0.25) is 0 Å². The van der Waals surface area contributed by atoms with E-state index in [1.807, 2.05) is 0 Å². The van der Waals surface area contributed by atoms with Gasteiger partial charge in [-0.2, -0.15) is 13.2 Å². The molecule has 0 bridgehead atoms. The molecule has 1 aromatic heterocycles. The van der Waals surface area contributed by atoms with E-state index in [9.17, 15) is 18.0 Å². The quantitative estimate of drug-likeness (QED) is 0.766. The summed E-state index contributed by atoms with van der Waals surface area (Å²) in [5.74, 6) is -0.506. The van der Waals surface area contributed by atoms with Gasteiger partial charge in [-0.15, -0.1) is 0 Å². The lowest BCUT2D eigenvalue weighted by Crippen LogP contribution is -2.24. The van der Waals surface area contributed by atoms with Crippen molar-refractivity contribution in [3.8, 4) is 0 Å². The molecule has 2 heterocycles. The summed E-state index contributed by atoms with van der Waals surface area (Å²) in [6.45, 7) is 0.960. The maximum absolute atomic E-state index is 12.5. The zero-order valence-electron chi connectivity index (χ0n) is 9.54. The molecule has 0 N–H and O–H groups in total. The number of hydrogen-bond acceptors (Lipinski definition) is 3. The van der Waals surface area contributed by atoms with Crippen LogP contribution in [0.1, 0.15) is 28.9 Å². The predicted molar refractivity (Wildman–Crippen MR) is 57.1 cm³/mol. The second-order valence-electron chi connectivity index (χ2n) is 4.18. The Bertz CT molecular complexity index is 439. The highest BCUT2D eigenvalue weighted by Crippen LogP contribution is 2.29. The molecule has 1 aromatic rings. The summed E-state index contributed by atoms with van der Waals surface area (Å²) < 4.78 is 42.6. The number of ether oxygens (including phenoxy) is 1. The van der Waals surface area contributed by atoms with Gasteiger partial charge in [-0.1, -0.05) is 0 Å². The van der Waals surface area contributed by atoms with E-state index in [4.69, 9.17) is 4.74 Å². The molecular formula is C12H12F3NO2. The number of carbonyl (C=O) groups is 1. The first-order valence-corrected chi connectivity index (χ1v) is 5.63. The molecule has 0 spiro atoms. The summed E-state index contributed by atoms with van der Waals surface area (Å²) in [6, 6.07) is 2.14. The van der Waals surface area contributed by atoms with E-state index in [2.05, 4.69) is 4.98 Å². The summed E-state index contributed by atoms with van der Waals surface area (Å²) in [4.78, 5) is 15.3. The number of nitrogens with zero attached hydrogens (tertiary/aromatic N) is 1. The molecular weight excluding hydrogens is 247 g/mol. The largest absolute Gasteiger partial charge is 0.433 e. The lowest BCUT2D eigenvalue weighted by molar-refractivity contribution is -0.141. The molecule has 6 heteroatoms. The minimum Gasteiger partial charge on any atom is -0.381 e. The molecule has 18 heavy (non-hydrogen) atoms. The standard InChI is InChI=1S/C12H12F3NO2/c13-12(14,15)10-7-9(1-4-16-10)11(17)8-2-5-18-6-3-8/h1,4,7-8H,2-3,5-6H2. The average molecular weight is 259 g/mol. The van der Waals surface area contributed by atoms with Crippen LogP contribution in [0.4, 0.5) is 13.2 Å². The van der Waals surface area contributed by atoms with Gasteiger partial charge < -0.3 is 4.74 Å². The Morgan fingerprint density at radius 2 is 2.00 bits per heavy atom. The van der Waals surface area contributed by atoms with Crippen molar-refractivity contribution in [3.05, 3.63) is 29.6 Å². The first-order chi connectivity index (χ1) is 8.48. The molecule has 0 atom stereocenters. The van der Waals surface area contributed by atoms with Gasteiger partial charge in [0, 0.05) is 30.9 Å². The van der Waals surface area contributed by atoms with E-state index in [1.165, 1.54) is 6.07 Å². The third-order valence-electron chi connectivity index (χ3n) is 2.93. The fourth-order valence-corrected chi connectivity index (χ4v) is 1.93. The zero-order chi connectivity index (χ0) is 13.2. The van der Waals surface area contributed by atoms with Gasteiger partial charge in [-0.05, 0) is 25.0 Å². The van der Waals surface area contributed by atoms with E-state index in [0.717, 1.165) is 12.3 Å². The first-order valence-electron chi connectivity index (χ1n) is 5.63. The lowest BCUT2D eigenvalue weighted by Gasteiger charge is -2.21. The number of Topliss-reactive ketones (excluding diaryl/α,β-unsaturated/α-hetero) is 1. The molecule has 1 saturated heterocycles. The van der Waals surface area contributed by atoms with Crippen molar-refractivity contribution < 1.29 is 22.7 Å². The van der Waals surface area contributed by atoms with Gasteiger partial charge in [0.1, 0.15) is 5.69 Å². The fourth-order valence-electron chi connectivity index (χ4n) is 1.93. The van der Waals surface area contributed by atoms with Crippen LogP contribution >= 0.6 is 0 Å². The number of pyridine rings is 1. The molecule has 3 nitrogen and oxygen atoms in total. The van der Waals surface area contributed by atoms with Gasteiger partial charge >= 0.3 is 6.18 Å². The van der Waals surface area contributed by atoms with Gasteiger partial charge in [0.15, 0.2) is 5.78 Å². The summed E-state index contributed by atoms with van der Waals surface area (Å²) in [6.07, 6.45) is -2.38. The van der Waals surface area contributed by atoms with Crippen LogP contribution in [0.25, 0.3) is 0 Å². The van der Waals surface area contributed by atoms with Crippen molar-refractivity contribution in [3.63, 3.8) is 0 Å². The number of halogens is 3. The monoisotopic (exact) mass is 259 g/mol. The van der Waals surface area contributed by atoms with E-state index < -0.39 is 11.9 Å². The molecule has 0 unspecified atom stereocenters. The van der Waals surface area contributed by atoms with Gasteiger partial charge in [0.2, 0.25) is 0 Å². The number of alkyl halides is 3. The van der Waals surface area contributed by atoms with Gasteiger partial charge in [-0.25, -0.2) is 0 Å². The molecule has 0 amide bonds. The molecule has 0 radical (unpaired) electrons. The predicted octanol–water partition coefficient (Wildman–Crippen LogP) is 2.71. The molecule has 2 rings (SSSR count). The van der Waals surface area contributed by atoms with Crippen molar-refractivity contribution in [2.24, 2.45) is 5.92 Å². The fraction of sp³-hybridized carbons (Fsp3) is 0.500. The minimum absolute atomic E-state index is 0.0734. The maximum Gasteiger partial charge on any atom is 0.433 e. The third-order valence-corrected chi connectivity index (χ3v) is 2.93. The van der Waals surface area contributed by atoms with Crippen molar-refractivity contribution >= 4 is 5.78 Å². The smallest absolute Gasteiger partial charge is 0.381 e. The van der Waals surface area contributed by atoms with Crippen LogP contribution in [0.3, 0.4) is 0 Å². The van der Waals surface area contributed by atoms with E-state index in [0.29, 0.717) is 26.1 Å². The molecule has 0 aromatic carbocycles. The Balaban J connectivity index is 2.20. The van der Waals surface area contributed by atoms with Crippen LogP contribution in [0.15, 0.2) is 18.3 Å². The Kier molecular flexibility index (Phi) is 3.65. The van der Waals surface area contributed by atoms with Gasteiger partial charge in [0.05, 0.1) is 0 Å². The summed E-state index contributed by atoms with van der Waals surface area (Å²) >= 11 is 0. The molecule has 1 aliphatic heterocycles. The van der Waals surface area contributed by atoms with Gasteiger partial charge in [-0.3, -0.25) is 9.78 Å². The van der Waals surface area contributed by atoms with Crippen LogP contribution in [0, 0.1) is 5.92 Å². The normalized spacial score (nSPS) is 17.7. The van der Waals surface area contributed by atoms with Crippen molar-refractivity contribution in [1.82, 2.24) is 4.98 Å². The highest BCUT2D eigenvalue weighted by molar-refractivity contribution is 5.97. The number of carbonyl (C=O) groups excluding carboxylic acids is 1. The summed E-state index contributed by atoms with van der Waals surface area (Å²) in [7, 11) is 0. The maximum atomic E-state index is 12.5. The van der Waals surface area contributed by atoms with E-state index in [1.54, 1.807) is 0 Å². The first kappa shape index (κ1) is 13.0. The number of rotatable bonds is 2.